The molecule has 1 heterocycles. The first-order valence-corrected chi connectivity index (χ1v) is 6.30. The van der Waals surface area contributed by atoms with Gasteiger partial charge in [0, 0.05) is 18.0 Å². The van der Waals surface area contributed by atoms with Gasteiger partial charge in [-0.05, 0) is 43.4 Å². The second-order valence-corrected chi connectivity index (χ2v) is 4.71. The van der Waals surface area contributed by atoms with Crippen molar-refractivity contribution in [3.05, 3.63) is 24.3 Å². The Balaban J connectivity index is 2.09. The predicted octanol–water partition coefficient (Wildman–Crippen LogP) is 2.87. The van der Waals surface area contributed by atoms with E-state index >= 15 is 0 Å². The molecule has 0 saturated carbocycles. The number of hydrogen-bond donors (Lipinski definition) is 2. The Bertz CT molecular complexity index is 455. The van der Waals surface area contributed by atoms with Crippen molar-refractivity contribution in [2.24, 2.45) is 0 Å². The van der Waals surface area contributed by atoms with E-state index in [1.807, 2.05) is 18.2 Å². The van der Waals surface area contributed by atoms with Gasteiger partial charge in [0.15, 0.2) is 0 Å². The minimum absolute atomic E-state index is 0.259. The zero-order valence-corrected chi connectivity index (χ0v) is 10.1. The van der Waals surface area contributed by atoms with Gasteiger partial charge < -0.3 is 10.4 Å². The van der Waals surface area contributed by atoms with E-state index in [1.165, 1.54) is 16.9 Å². The number of benzene rings is 1. The first-order valence-electron chi connectivity index (χ1n) is 5.53. The predicted molar refractivity (Wildman–Crippen MR) is 69.0 cm³/mol. The Morgan fingerprint density at radius 2 is 2.25 bits per heavy atom. The minimum Gasteiger partial charge on any atom is -0.396 e. The summed E-state index contributed by atoms with van der Waals surface area (Å²) in [6.07, 6.45) is 1.81. The number of aliphatic hydroxyl groups is 1. The summed E-state index contributed by atoms with van der Waals surface area (Å²) in [7, 11) is 0. The summed E-state index contributed by atoms with van der Waals surface area (Å²) in [5, 5.41) is 14.5. The molecule has 0 fully saturated rings. The average Bonchev–Trinajstić information content (AvgIpc) is 2.70. The molecular formula is C12H16N2OS. The molecule has 0 aliphatic rings. The van der Waals surface area contributed by atoms with Gasteiger partial charge in [0.25, 0.3) is 0 Å². The standard InChI is InChI=1S/C12H16N2OS/c1-9(5-4-8-15)13-12-10-6-2-3-7-11(10)14-16-12/h2-3,6-7,9,13,15H,4-5,8H2,1H3. The highest BCUT2D eigenvalue weighted by Gasteiger charge is 2.07. The topological polar surface area (TPSA) is 45.1 Å². The quantitative estimate of drug-likeness (QED) is 0.839. The smallest absolute Gasteiger partial charge is 0.117 e. The van der Waals surface area contributed by atoms with Gasteiger partial charge in [-0.25, -0.2) is 0 Å². The molecule has 0 bridgehead atoms. The molecule has 0 radical (unpaired) electrons. The zero-order chi connectivity index (χ0) is 11.4. The summed E-state index contributed by atoms with van der Waals surface area (Å²) in [5.74, 6) is 0. The van der Waals surface area contributed by atoms with E-state index in [-0.39, 0.29) is 6.61 Å². The summed E-state index contributed by atoms with van der Waals surface area (Å²) in [4.78, 5) is 0. The SMILES string of the molecule is CC(CCCO)Nc1snc2ccccc12. The van der Waals surface area contributed by atoms with Crippen LogP contribution in [-0.4, -0.2) is 22.1 Å². The van der Waals surface area contributed by atoms with Crippen molar-refractivity contribution < 1.29 is 5.11 Å². The number of nitrogens with zero attached hydrogens (tertiary/aromatic N) is 1. The Labute approximate surface area is 99.3 Å². The third-order valence-corrected chi connectivity index (χ3v) is 3.37. The monoisotopic (exact) mass is 236 g/mol. The largest absolute Gasteiger partial charge is 0.396 e. The summed E-state index contributed by atoms with van der Waals surface area (Å²) in [6, 6.07) is 8.51. The lowest BCUT2D eigenvalue weighted by Gasteiger charge is -2.12. The van der Waals surface area contributed by atoms with Crippen molar-refractivity contribution >= 4 is 27.4 Å². The second-order valence-electron chi connectivity index (χ2n) is 3.94. The Hall–Kier alpha value is -1.13. The van der Waals surface area contributed by atoms with Gasteiger partial charge in [-0.2, -0.15) is 4.37 Å². The van der Waals surface area contributed by atoms with Crippen LogP contribution < -0.4 is 5.32 Å². The van der Waals surface area contributed by atoms with Crippen LogP contribution in [0, 0.1) is 0 Å². The van der Waals surface area contributed by atoms with Crippen molar-refractivity contribution in [1.82, 2.24) is 4.37 Å². The van der Waals surface area contributed by atoms with Crippen LogP contribution in [0.4, 0.5) is 5.00 Å². The average molecular weight is 236 g/mol. The summed E-state index contributed by atoms with van der Waals surface area (Å²) in [6.45, 7) is 2.39. The van der Waals surface area contributed by atoms with Crippen LogP contribution in [0.3, 0.4) is 0 Å². The van der Waals surface area contributed by atoms with Crippen molar-refractivity contribution in [3.63, 3.8) is 0 Å². The van der Waals surface area contributed by atoms with Crippen LogP contribution >= 0.6 is 11.5 Å². The van der Waals surface area contributed by atoms with Crippen LogP contribution in [0.2, 0.25) is 0 Å². The lowest BCUT2D eigenvalue weighted by Crippen LogP contribution is -2.14. The van der Waals surface area contributed by atoms with Crippen LogP contribution in [0.5, 0.6) is 0 Å². The molecule has 1 atom stereocenters. The van der Waals surface area contributed by atoms with E-state index in [9.17, 15) is 0 Å². The molecule has 86 valence electrons. The van der Waals surface area contributed by atoms with Crippen molar-refractivity contribution in [1.29, 1.82) is 0 Å². The van der Waals surface area contributed by atoms with E-state index < -0.39 is 0 Å². The molecule has 2 N–H and O–H groups in total. The number of rotatable bonds is 5. The molecule has 0 aliphatic carbocycles. The van der Waals surface area contributed by atoms with Gasteiger partial charge in [-0.3, -0.25) is 0 Å². The number of anilines is 1. The molecule has 0 aliphatic heterocycles. The first kappa shape index (κ1) is 11.4. The first-order chi connectivity index (χ1) is 7.81. The van der Waals surface area contributed by atoms with Gasteiger partial charge in [0.1, 0.15) is 5.00 Å². The molecule has 16 heavy (non-hydrogen) atoms. The normalized spacial score (nSPS) is 12.9. The van der Waals surface area contributed by atoms with Gasteiger partial charge in [-0.1, -0.05) is 12.1 Å². The van der Waals surface area contributed by atoms with Crippen LogP contribution in [0.15, 0.2) is 24.3 Å². The van der Waals surface area contributed by atoms with E-state index in [0.29, 0.717) is 6.04 Å². The molecule has 0 amide bonds. The van der Waals surface area contributed by atoms with Crippen LogP contribution in [0.1, 0.15) is 19.8 Å². The second kappa shape index (κ2) is 5.27. The Kier molecular flexibility index (Phi) is 3.74. The Morgan fingerprint density at radius 3 is 3.06 bits per heavy atom. The van der Waals surface area contributed by atoms with Crippen LogP contribution in [0.25, 0.3) is 10.9 Å². The van der Waals surface area contributed by atoms with E-state index in [0.717, 1.165) is 23.4 Å². The van der Waals surface area contributed by atoms with E-state index in [4.69, 9.17) is 5.11 Å². The Morgan fingerprint density at radius 1 is 1.44 bits per heavy atom. The van der Waals surface area contributed by atoms with Crippen molar-refractivity contribution in [3.8, 4) is 0 Å². The molecule has 4 heteroatoms. The van der Waals surface area contributed by atoms with Gasteiger partial charge in [0.05, 0.1) is 5.52 Å². The molecule has 3 nitrogen and oxygen atoms in total. The zero-order valence-electron chi connectivity index (χ0n) is 9.31. The summed E-state index contributed by atoms with van der Waals surface area (Å²) >= 11 is 1.50. The van der Waals surface area contributed by atoms with Crippen molar-refractivity contribution in [2.75, 3.05) is 11.9 Å². The number of fused-ring (bicyclic) bond motifs is 1. The molecule has 2 rings (SSSR count). The maximum atomic E-state index is 8.78. The lowest BCUT2D eigenvalue weighted by molar-refractivity contribution is 0.282. The number of aromatic nitrogens is 1. The fourth-order valence-corrected chi connectivity index (χ4v) is 2.56. The highest BCUT2D eigenvalue weighted by atomic mass is 32.1. The highest BCUT2D eigenvalue weighted by molar-refractivity contribution is 7.11. The maximum Gasteiger partial charge on any atom is 0.117 e. The lowest BCUT2D eigenvalue weighted by atomic mass is 10.2. The molecule has 1 aromatic carbocycles. The summed E-state index contributed by atoms with van der Waals surface area (Å²) < 4.78 is 4.38. The van der Waals surface area contributed by atoms with E-state index in [2.05, 4.69) is 22.7 Å². The van der Waals surface area contributed by atoms with Crippen LogP contribution in [-0.2, 0) is 0 Å². The third-order valence-electron chi connectivity index (χ3n) is 2.56. The maximum absolute atomic E-state index is 8.78. The summed E-state index contributed by atoms with van der Waals surface area (Å²) in [5.41, 5.74) is 1.05. The molecular weight excluding hydrogens is 220 g/mol. The molecule has 1 aromatic heterocycles. The molecule has 0 spiro atoms. The highest BCUT2D eigenvalue weighted by Crippen LogP contribution is 2.28. The van der Waals surface area contributed by atoms with Gasteiger partial charge >= 0.3 is 0 Å². The van der Waals surface area contributed by atoms with E-state index in [1.54, 1.807) is 0 Å². The fraction of sp³-hybridized carbons (Fsp3) is 0.417. The molecule has 0 saturated heterocycles. The molecule has 2 aromatic rings. The van der Waals surface area contributed by atoms with Gasteiger partial charge in [-0.15, -0.1) is 0 Å². The number of nitrogens with one attached hydrogen (secondary N) is 1. The van der Waals surface area contributed by atoms with Crippen molar-refractivity contribution in [2.45, 2.75) is 25.8 Å². The number of aliphatic hydroxyl groups excluding tert-OH is 1. The number of hydrogen-bond acceptors (Lipinski definition) is 4. The molecule has 1 unspecified atom stereocenters. The fourth-order valence-electron chi connectivity index (χ4n) is 1.69. The minimum atomic E-state index is 0.259. The van der Waals surface area contributed by atoms with Gasteiger partial charge in [0.2, 0.25) is 0 Å². The third kappa shape index (κ3) is 2.51.